The van der Waals surface area contributed by atoms with Crippen LogP contribution in [0.25, 0.3) is 22.0 Å². The number of fused-ring (bicyclic) bond motifs is 1. The summed E-state index contributed by atoms with van der Waals surface area (Å²) in [5, 5.41) is 11.0. The summed E-state index contributed by atoms with van der Waals surface area (Å²) in [4.78, 5) is 28.1. The van der Waals surface area contributed by atoms with Crippen LogP contribution in [0.5, 0.6) is 0 Å². The lowest BCUT2D eigenvalue weighted by Crippen LogP contribution is -2.35. The number of aromatic nitrogens is 2. The number of benzene rings is 2. The zero-order valence-electron chi connectivity index (χ0n) is 22.7. The fourth-order valence-electron chi connectivity index (χ4n) is 5.40. The Morgan fingerprint density at radius 3 is 2.46 bits per heavy atom. The van der Waals surface area contributed by atoms with E-state index >= 15 is 0 Å². The predicted octanol–water partition coefficient (Wildman–Crippen LogP) is 4.59. The van der Waals surface area contributed by atoms with Gasteiger partial charge in [-0.1, -0.05) is 50.3 Å². The lowest BCUT2D eigenvalue weighted by atomic mass is 9.98. The number of carbonyl (C=O) groups excluding carboxylic acids is 2. The van der Waals surface area contributed by atoms with Crippen LogP contribution in [-0.4, -0.2) is 59.3 Å². The van der Waals surface area contributed by atoms with Crippen LogP contribution < -0.4 is 10.6 Å². The van der Waals surface area contributed by atoms with Gasteiger partial charge in [-0.3, -0.25) is 19.2 Å². The van der Waals surface area contributed by atoms with Crippen LogP contribution in [0.1, 0.15) is 54.6 Å². The van der Waals surface area contributed by atoms with Gasteiger partial charge in [-0.25, -0.2) is 0 Å². The molecule has 8 nitrogen and oxygen atoms in total. The maximum Gasteiger partial charge on any atom is 0.252 e. The normalized spacial score (nSPS) is 16.3. The molecule has 2 heterocycles. The van der Waals surface area contributed by atoms with Gasteiger partial charge in [0.05, 0.1) is 36.5 Å². The van der Waals surface area contributed by atoms with Crippen LogP contribution in [0.15, 0.2) is 67.0 Å². The van der Waals surface area contributed by atoms with E-state index in [0.29, 0.717) is 17.3 Å². The molecular formula is C31H37N5O3. The predicted molar refractivity (Wildman–Crippen MR) is 153 cm³/mol. The van der Waals surface area contributed by atoms with Gasteiger partial charge < -0.3 is 15.4 Å². The van der Waals surface area contributed by atoms with E-state index in [1.807, 2.05) is 6.07 Å². The number of hydrogen-bond donors (Lipinski definition) is 2. The molecule has 0 unspecified atom stereocenters. The Bertz CT molecular complexity index is 1380. The number of allylic oxidation sites excluding steroid dienone is 1. The van der Waals surface area contributed by atoms with Gasteiger partial charge >= 0.3 is 0 Å². The molecule has 1 saturated carbocycles. The van der Waals surface area contributed by atoms with Crippen molar-refractivity contribution in [1.29, 1.82) is 0 Å². The molecule has 204 valence electrons. The van der Waals surface area contributed by atoms with Crippen LogP contribution in [0, 0.1) is 0 Å². The molecule has 2 aromatic carbocycles. The molecule has 3 aromatic rings. The fraction of sp³-hybridized carbons (Fsp3) is 0.387. The third kappa shape index (κ3) is 6.29. The van der Waals surface area contributed by atoms with Gasteiger partial charge in [0.2, 0.25) is 0 Å². The van der Waals surface area contributed by atoms with Gasteiger partial charge in [-0.2, -0.15) is 5.10 Å². The monoisotopic (exact) mass is 527 g/mol. The lowest BCUT2D eigenvalue weighted by molar-refractivity contribution is -0.116. The van der Waals surface area contributed by atoms with Crippen molar-refractivity contribution in [3.8, 4) is 11.1 Å². The summed E-state index contributed by atoms with van der Waals surface area (Å²) in [6.45, 7) is 13.6. The van der Waals surface area contributed by atoms with Gasteiger partial charge in [0.1, 0.15) is 0 Å². The first-order chi connectivity index (χ1) is 18.9. The van der Waals surface area contributed by atoms with E-state index < -0.39 is 0 Å². The number of nitrogens with one attached hydrogen (secondary N) is 2. The summed E-state index contributed by atoms with van der Waals surface area (Å²) in [6, 6.07) is 13.0. The zero-order chi connectivity index (χ0) is 27.4. The molecule has 5 rings (SSSR count). The smallest absolute Gasteiger partial charge is 0.252 e. The zero-order valence-corrected chi connectivity index (χ0v) is 22.7. The first-order valence-electron chi connectivity index (χ1n) is 13.7. The SMILES string of the molecule is C=C(C)NC(=O)C(=C)CNC(=O)c1cc(-c2ccc(CN3CCOCC3)cc2)cc2c1cnn2C1CCCC1. The number of ether oxygens (including phenoxy) is 1. The summed E-state index contributed by atoms with van der Waals surface area (Å²) in [5.74, 6) is -0.617. The average Bonchev–Trinajstić information content (AvgIpc) is 3.62. The Morgan fingerprint density at radius 1 is 1.05 bits per heavy atom. The van der Waals surface area contributed by atoms with Crippen molar-refractivity contribution < 1.29 is 14.3 Å². The molecule has 0 radical (unpaired) electrons. The van der Waals surface area contributed by atoms with Gasteiger partial charge in [0.25, 0.3) is 11.8 Å². The van der Waals surface area contributed by atoms with Crippen LogP contribution in [0.4, 0.5) is 0 Å². The highest BCUT2D eigenvalue weighted by atomic mass is 16.5. The molecule has 8 heteroatoms. The van der Waals surface area contributed by atoms with Crippen molar-refractivity contribution in [1.82, 2.24) is 25.3 Å². The molecule has 39 heavy (non-hydrogen) atoms. The molecule has 2 fully saturated rings. The van der Waals surface area contributed by atoms with E-state index in [0.717, 1.165) is 67.7 Å². The van der Waals surface area contributed by atoms with E-state index in [4.69, 9.17) is 9.84 Å². The Hall–Kier alpha value is -3.75. The quantitative estimate of drug-likeness (QED) is 0.398. The number of amides is 2. The molecule has 0 spiro atoms. The molecule has 1 aliphatic carbocycles. The second-order valence-corrected chi connectivity index (χ2v) is 10.6. The Labute approximate surface area is 229 Å². The number of rotatable bonds is 9. The molecule has 1 aliphatic heterocycles. The molecule has 2 amide bonds. The van der Waals surface area contributed by atoms with Crippen molar-refractivity contribution in [3.05, 3.63) is 78.1 Å². The molecule has 1 aromatic heterocycles. The minimum Gasteiger partial charge on any atom is -0.379 e. The van der Waals surface area contributed by atoms with E-state index in [9.17, 15) is 9.59 Å². The van der Waals surface area contributed by atoms with Gasteiger partial charge in [0, 0.05) is 42.8 Å². The van der Waals surface area contributed by atoms with Crippen LogP contribution in [0.2, 0.25) is 0 Å². The highest BCUT2D eigenvalue weighted by Gasteiger charge is 2.23. The third-order valence-corrected chi connectivity index (χ3v) is 7.54. The van der Waals surface area contributed by atoms with Crippen molar-refractivity contribution in [3.63, 3.8) is 0 Å². The van der Waals surface area contributed by atoms with E-state index in [-0.39, 0.29) is 23.9 Å². The summed E-state index contributed by atoms with van der Waals surface area (Å²) < 4.78 is 7.56. The first kappa shape index (κ1) is 26.8. The highest BCUT2D eigenvalue weighted by Crippen LogP contribution is 2.35. The summed E-state index contributed by atoms with van der Waals surface area (Å²) >= 11 is 0. The summed E-state index contributed by atoms with van der Waals surface area (Å²) in [6.07, 6.45) is 6.36. The number of hydrogen-bond acceptors (Lipinski definition) is 5. The van der Waals surface area contributed by atoms with Crippen LogP contribution in [-0.2, 0) is 16.1 Å². The molecular weight excluding hydrogens is 490 g/mol. The standard InChI is InChI=1S/C31H37N5O3/c1-21(2)34-30(37)22(3)18-32-31(38)27-16-25(17-29-28(27)19-33-36(29)26-6-4-5-7-26)24-10-8-23(9-11-24)20-35-12-14-39-15-13-35/h8-11,16-17,19,26H,1,3-7,12-15,18,20H2,2H3,(H,32,38)(H,34,37). The second kappa shape index (κ2) is 12.0. The van der Waals surface area contributed by atoms with Crippen LogP contribution in [0.3, 0.4) is 0 Å². The van der Waals surface area contributed by atoms with Gasteiger partial charge in [-0.15, -0.1) is 0 Å². The van der Waals surface area contributed by atoms with Crippen molar-refractivity contribution >= 4 is 22.7 Å². The van der Waals surface area contributed by atoms with Gasteiger partial charge in [0.15, 0.2) is 0 Å². The summed E-state index contributed by atoms with van der Waals surface area (Å²) in [5.41, 5.74) is 5.54. The second-order valence-electron chi connectivity index (χ2n) is 10.6. The minimum absolute atomic E-state index is 0.0384. The third-order valence-electron chi connectivity index (χ3n) is 7.54. The maximum absolute atomic E-state index is 13.4. The van der Waals surface area contributed by atoms with Crippen molar-refractivity contribution in [2.45, 2.75) is 45.2 Å². The fourth-order valence-corrected chi connectivity index (χ4v) is 5.40. The van der Waals surface area contributed by atoms with E-state index in [1.54, 1.807) is 13.1 Å². The molecule has 0 bridgehead atoms. The minimum atomic E-state index is -0.354. The number of carbonyl (C=O) groups is 2. The topological polar surface area (TPSA) is 88.5 Å². The Balaban J connectivity index is 1.42. The van der Waals surface area contributed by atoms with E-state index in [1.165, 1.54) is 18.4 Å². The largest absolute Gasteiger partial charge is 0.379 e. The highest BCUT2D eigenvalue weighted by molar-refractivity contribution is 6.08. The van der Waals surface area contributed by atoms with Crippen molar-refractivity contribution in [2.75, 3.05) is 32.8 Å². The lowest BCUT2D eigenvalue weighted by Gasteiger charge is -2.26. The first-order valence-corrected chi connectivity index (χ1v) is 13.7. The summed E-state index contributed by atoms with van der Waals surface area (Å²) in [7, 11) is 0. The Morgan fingerprint density at radius 2 is 1.77 bits per heavy atom. The molecule has 0 atom stereocenters. The number of morpholine rings is 1. The van der Waals surface area contributed by atoms with Crippen molar-refractivity contribution in [2.24, 2.45) is 0 Å². The Kier molecular flexibility index (Phi) is 8.24. The average molecular weight is 528 g/mol. The molecule has 2 N–H and O–H groups in total. The maximum atomic E-state index is 13.4. The molecule has 2 aliphatic rings. The van der Waals surface area contributed by atoms with E-state index in [2.05, 4.69) is 63.7 Å². The number of nitrogens with zero attached hydrogens (tertiary/aromatic N) is 3. The van der Waals surface area contributed by atoms with Crippen LogP contribution >= 0.6 is 0 Å². The molecule has 1 saturated heterocycles. The van der Waals surface area contributed by atoms with Gasteiger partial charge in [-0.05, 0) is 48.6 Å².